The normalized spacial score (nSPS) is 15.9. The average molecular weight is 357 g/mol. The first-order chi connectivity index (χ1) is 12.8. The third-order valence-corrected chi connectivity index (χ3v) is 4.79. The average Bonchev–Trinajstić information content (AvgIpc) is 3.15. The minimum absolute atomic E-state index is 0.114. The van der Waals surface area contributed by atoms with Gasteiger partial charge in [0, 0.05) is 37.8 Å². The molecule has 1 aliphatic rings. The van der Waals surface area contributed by atoms with E-state index in [-0.39, 0.29) is 11.8 Å². The molecule has 1 amide bonds. The first-order valence-electron chi connectivity index (χ1n) is 9.26. The molecule has 26 heavy (non-hydrogen) atoms. The predicted molar refractivity (Wildman–Crippen MR) is 99.4 cm³/mol. The van der Waals surface area contributed by atoms with E-state index in [1.165, 1.54) is 0 Å². The maximum atomic E-state index is 12.2. The number of amides is 1. The van der Waals surface area contributed by atoms with Gasteiger partial charge in [-0.15, -0.1) is 0 Å². The molecule has 0 spiro atoms. The minimum Gasteiger partial charge on any atom is -0.385 e. The van der Waals surface area contributed by atoms with Crippen molar-refractivity contribution in [3.8, 4) is 11.3 Å². The largest absolute Gasteiger partial charge is 0.385 e. The molecule has 6 heteroatoms. The smallest absolute Gasteiger partial charge is 0.223 e. The minimum atomic E-state index is 0.114. The zero-order valence-corrected chi connectivity index (χ0v) is 15.3. The van der Waals surface area contributed by atoms with Crippen LogP contribution in [0.25, 0.3) is 11.3 Å². The first kappa shape index (κ1) is 18.6. The highest BCUT2D eigenvalue weighted by Gasteiger charge is 2.25. The zero-order chi connectivity index (χ0) is 18.2. The van der Waals surface area contributed by atoms with E-state index >= 15 is 0 Å². The molecular formula is C20H27N3O3. The van der Waals surface area contributed by atoms with Gasteiger partial charge in [-0.3, -0.25) is 9.69 Å². The van der Waals surface area contributed by atoms with E-state index in [4.69, 9.17) is 9.26 Å². The molecule has 3 rings (SSSR count). The van der Waals surface area contributed by atoms with Crippen molar-refractivity contribution in [2.45, 2.75) is 25.8 Å². The molecule has 1 saturated heterocycles. The number of carbonyl (C=O) groups is 1. The SMILES string of the molecule is COCCCNC(=O)C1CCN(Cc2cc(-c3ccccc3)no2)CC1. The van der Waals surface area contributed by atoms with Gasteiger partial charge in [0.2, 0.25) is 5.91 Å². The number of rotatable bonds is 8. The molecule has 6 nitrogen and oxygen atoms in total. The zero-order valence-electron chi connectivity index (χ0n) is 15.3. The van der Waals surface area contributed by atoms with E-state index in [0.717, 1.165) is 55.9 Å². The Morgan fingerprint density at radius 2 is 2.08 bits per heavy atom. The Kier molecular flexibility index (Phi) is 6.80. The fraction of sp³-hybridized carbons (Fsp3) is 0.500. The molecule has 1 aliphatic heterocycles. The van der Waals surface area contributed by atoms with Gasteiger partial charge in [0.05, 0.1) is 6.54 Å². The van der Waals surface area contributed by atoms with Crippen LogP contribution in [0.3, 0.4) is 0 Å². The molecule has 2 heterocycles. The van der Waals surface area contributed by atoms with Crippen molar-refractivity contribution in [1.29, 1.82) is 0 Å². The Balaban J connectivity index is 1.43. The number of nitrogens with zero attached hydrogens (tertiary/aromatic N) is 2. The fourth-order valence-corrected chi connectivity index (χ4v) is 3.28. The van der Waals surface area contributed by atoms with Crippen molar-refractivity contribution >= 4 is 5.91 Å². The van der Waals surface area contributed by atoms with E-state index in [1.54, 1.807) is 7.11 Å². The summed E-state index contributed by atoms with van der Waals surface area (Å²) in [6, 6.07) is 12.0. The van der Waals surface area contributed by atoms with Crippen LogP contribution >= 0.6 is 0 Å². The van der Waals surface area contributed by atoms with Gasteiger partial charge in [-0.1, -0.05) is 35.5 Å². The summed E-state index contributed by atoms with van der Waals surface area (Å²) >= 11 is 0. The molecule has 1 aromatic heterocycles. The molecule has 1 fully saturated rings. The van der Waals surface area contributed by atoms with E-state index in [9.17, 15) is 4.79 Å². The standard InChI is InChI=1S/C20H27N3O3/c1-25-13-5-10-21-20(24)17-8-11-23(12-9-17)15-18-14-19(22-26-18)16-6-3-2-4-7-16/h2-4,6-7,14,17H,5,8-13,15H2,1H3,(H,21,24). The van der Waals surface area contributed by atoms with Crippen molar-refractivity contribution < 1.29 is 14.1 Å². The molecule has 0 bridgehead atoms. The summed E-state index contributed by atoms with van der Waals surface area (Å²) in [5.74, 6) is 1.15. The molecular weight excluding hydrogens is 330 g/mol. The topological polar surface area (TPSA) is 67.6 Å². The second-order valence-electron chi connectivity index (χ2n) is 6.73. The van der Waals surface area contributed by atoms with Crippen LogP contribution in [-0.2, 0) is 16.1 Å². The Hall–Kier alpha value is -2.18. The second kappa shape index (κ2) is 9.50. The number of aromatic nitrogens is 1. The van der Waals surface area contributed by atoms with Gasteiger partial charge in [0.15, 0.2) is 5.76 Å². The van der Waals surface area contributed by atoms with Crippen LogP contribution in [0, 0.1) is 5.92 Å². The number of hydrogen-bond donors (Lipinski definition) is 1. The molecule has 0 atom stereocenters. The summed E-state index contributed by atoms with van der Waals surface area (Å²) in [6.07, 6.45) is 2.63. The van der Waals surface area contributed by atoms with Crippen molar-refractivity contribution in [3.05, 3.63) is 42.2 Å². The first-order valence-corrected chi connectivity index (χ1v) is 9.26. The van der Waals surface area contributed by atoms with Crippen molar-refractivity contribution in [3.63, 3.8) is 0 Å². The third kappa shape index (κ3) is 5.16. The van der Waals surface area contributed by atoms with Gasteiger partial charge in [-0.05, 0) is 32.4 Å². The fourth-order valence-electron chi connectivity index (χ4n) is 3.28. The number of ether oxygens (including phenoxy) is 1. The monoisotopic (exact) mass is 357 g/mol. The number of piperidine rings is 1. The number of carbonyl (C=O) groups excluding carboxylic acids is 1. The predicted octanol–water partition coefficient (Wildman–Crippen LogP) is 2.71. The second-order valence-corrected chi connectivity index (χ2v) is 6.73. The lowest BCUT2D eigenvalue weighted by molar-refractivity contribution is -0.126. The van der Waals surface area contributed by atoms with Gasteiger partial charge in [0.1, 0.15) is 5.69 Å². The number of likely N-dealkylation sites (tertiary alicyclic amines) is 1. The Morgan fingerprint density at radius 3 is 2.81 bits per heavy atom. The summed E-state index contributed by atoms with van der Waals surface area (Å²) in [7, 11) is 1.68. The van der Waals surface area contributed by atoms with Crippen molar-refractivity contribution in [2.75, 3.05) is 33.4 Å². The summed E-state index contributed by atoms with van der Waals surface area (Å²) in [4.78, 5) is 14.5. The third-order valence-electron chi connectivity index (χ3n) is 4.79. The number of hydrogen-bond acceptors (Lipinski definition) is 5. The van der Waals surface area contributed by atoms with Crippen molar-refractivity contribution in [1.82, 2.24) is 15.4 Å². The maximum absolute atomic E-state index is 12.2. The van der Waals surface area contributed by atoms with Crippen LogP contribution < -0.4 is 5.32 Å². The molecule has 0 aliphatic carbocycles. The maximum Gasteiger partial charge on any atom is 0.223 e. The lowest BCUT2D eigenvalue weighted by atomic mass is 9.96. The summed E-state index contributed by atoms with van der Waals surface area (Å²) in [6.45, 7) is 3.91. The van der Waals surface area contributed by atoms with E-state index in [1.807, 2.05) is 36.4 Å². The summed E-state index contributed by atoms with van der Waals surface area (Å²) in [5.41, 5.74) is 1.93. The van der Waals surface area contributed by atoms with Gasteiger partial charge < -0.3 is 14.6 Å². The molecule has 0 unspecified atom stereocenters. The van der Waals surface area contributed by atoms with Crippen LogP contribution in [0.5, 0.6) is 0 Å². The molecule has 2 aromatic rings. The number of nitrogens with one attached hydrogen (secondary N) is 1. The van der Waals surface area contributed by atoms with E-state index < -0.39 is 0 Å². The van der Waals surface area contributed by atoms with E-state index in [2.05, 4.69) is 15.4 Å². The number of benzene rings is 1. The summed E-state index contributed by atoms with van der Waals surface area (Å²) in [5, 5.41) is 7.18. The highest BCUT2D eigenvalue weighted by atomic mass is 16.5. The Labute approximate surface area is 154 Å². The lowest BCUT2D eigenvalue weighted by Gasteiger charge is -2.30. The van der Waals surface area contributed by atoms with Crippen LogP contribution in [0.2, 0.25) is 0 Å². The molecule has 0 saturated carbocycles. The summed E-state index contributed by atoms with van der Waals surface area (Å²) < 4.78 is 10.5. The Morgan fingerprint density at radius 1 is 1.31 bits per heavy atom. The van der Waals surface area contributed by atoms with Crippen LogP contribution in [-0.4, -0.2) is 49.3 Å². The lowest BCUT2D eigenvalue weighted by Crippen LogP contribution is -2.40. The molecule has 1 aromatic carbocycles. The van der Waals surface area contributed by atoms with Gasteiger partial charge in [-0.25, -0.2) is 0 Å². The quantitative estimate of drug-likeness (QED) is 0.736. The van der Waals surface area contributed by atoms with Gasteiger partial charge in [0.25, 0.3) is 0 Å². The molecule has 1 N–H and O–H groups in total. The van der Waals surface area contributed by atoms with Crippen LogP contribution in [0.1, 0.15) is 25.0 Å². The highest BCUT2D eigenvalue weighted by molar-refractivity contribution is 5.78. The molecule has 0 radical (unpaired) electrons. The van der Waals surface area contributed by atoms with Gasteiger partial charge >= 0.3 is 0 Å². The van der Waals surface area contributed by atoms with Gasteiger partial charge in [-0.2, -0.15) is 0 Å². The number of methoxy groups -OCH3 is 1. The van der Waals surface area contributed by atoms with E-state index in [0.29, 0.717) is 13.2 Å². The highest BCUT2D eigenvalue weighted by Crippen LogP contribution is 2.22. The van der Waals surface area contributed by atoms with Crippen LogP contribution in [0.15, 0.2) is 40.9 Å². The Bertz CT molecular complexity index is 679. The van der Waals surface area contributed by atoms with Crippen LogP contribution in [0.4, 0.5) is 0 Å². The molecule has 140 valence electrons. The van der Waals surface area contributed by atoms with Crippen molar-refractivity contribution in [2.24, 2.45) is 5.92 Å².